The molecule has 1 fully saturated rings. The molecule has 2 N–H and O–H groups in total. The molecule has 2 heterocycles. The average molecular weight is 263 g/mol. The Morgan fingerprint density at radius 3 is 2.68 bits per heavy atom. The number of carbonyl (C=O) groups is 1. The van der Waals surface area contributed by atoms with E-state index in [9.17, 15) is 4.79 Å². The normalized spacial score (nSPS) is 23.3. The van der Waals surface area contributed by atoms with Crippen molar-refractivity contribution in [3.63, 3.8) is 0 Å². The van der Waals surface area contributed by atoms with Crippen LogP contribution in [0.2, 0.25) is 0 Å². The second-order valence-electron chi connectivity index (χ2n) is 5.35. The fourth-order valence-electron chi connectivity index (χ4n) is 2.21. The smallest absolute Gasteiger partial charge is 0.273 e. The third-order valence-electron chi connectivity index (χ3n) is 3.57. The number of nitrogens with two attached hydrogens (primary N) is 1. The third kappa shape index (κ3) is 3.01. The Hall–Kier alpha value is -1.69. The van der Waals surface area contributed by atoms with Crippen LogP contribution in [0.5, 0.6) is 0 Å². The maximum absolute atomic E-state index is 11.7. The molecule has 1 aliphatic heterocycles. The van der Waals surface area contributed by atoms with Gasteiger partial charge in [-0.15, -0.1) is 10.2 Å². The predicted molar refractivity (Wildman–Crippen MR) is 74.0 cm³/mol. The Morgan fingerprint density at radius 2 is 2.16 bits per heavy atom. The van der Waals surface area contributed by atoms with Gasteiger partial charge in [0.05, 0.1) is 0 Å². The van der Waals surface area contributed by atoms with E-state index in [2.05, 4.69) is 22.0 Å². The van der Waals surface area contributed by atoms with Crippen molar-refractivity contribution in [2.75, 3.05) is 32.1 Å². The van der Waals surface area contributed by atoms with Crippen LogP contribution in [-0.2, 0) is 0 Å². The highest BCUT2D eigenvalue weighted by molar-refractivity contribution is 5.91. The largest absolute Gasteiger partial charge is 0.355 e. The summed E-state index contributed by atoms with van der Waals surface area (Å²) in [5.41, 5.74) is 6.37. The van der Waals surface area contributed by atoms with E-state index < -0.39 is 0 Å². The summed E-state index contributed by atoms with van der Waals surface area (Å²) in [6.45, 7) is 3.92. The first kappa shape index (κ1) is 13.7. The highest BCUT2D eigenvalue weighted by Crippen LogP contribution is 2.20. The van der Waals surface area contributed by atoms with Crippen molar-refractivity contribution in [2.24, 2.45) is 11.7 Å². The monoisotopic (exact) mass is 263 g/mol. The summed E-state index contributed by atoms with van der Waals surface area (Å²) in [6.07, 6.45) is 0.960. The van der Waals surface area contributed by atoms with Crippen LogP contribution >= 0.6 is 0 Å². The van der Waals surface area contributed by atoms with E-state index in [0.717, 1.165) is 25.3 Å². The standard InChI is InChI=1S/C13H21N5O/c1-9-8-18(7-6-10(9)14)12-5-4-11(15-16-12)13(19)17(2)3/h4-5,9-10H,6-8,14H2,1-3H3. The van der Waals surface area contributed by atoms with Crippen molar-refractivity contribution in [2.45, 2.75) is 19.4 Å². The summed E-state index contributed by atoms with van der Waals surface area (Å²) >= 11 is 0. The van der Waals surface area contributed by atoms with Crippen LogP contribution in [0.15, 0.2) is 12.1 Å². The molecule has 1 aromatic rings. The molecule has 1 amide bonds. The molecule has 2 atom stereocenters. The minimum atomic E-state index is -0.131. The van der Waals surface area contributed by atoms with Gasteiger partial charge < -0.3 is 15.5 Å². The number of aromatic nitrogens is 2. The molecule has 1 aromatic heterocycles. The second-order valence-corrected chi connectivity index (χ2v) is 5.35. The van der Waals surface area contributed by atoms with Crippen molar-refractivity contribution in [3.05, 3.63) is 17.8 Å². The topological polar surface area (TPSA) is 75.4 Å². The third-order valence-corrected chi connectivity index (χ3v) is 3.57. The first-order chi connectivity index (χ1) is 8.99. The molecule has 0 radical (unpaired) electrons. The van der Waals surface area contributed by atoms with Crippen LogP contribution in [0, 0.1) is 5.92 Å². The molecule has 0 bridgehead atoms. The summed E-state index contributed by atoms with van der Waals surface area (Å²) in [5, 5.41) is 8.16. The summed E-state index contributed by atoms with van der Waals surface area (Å²) in [7, 11) is 3.40. The van der Waals surface area contributed by atoms with E-state index >= 15 is 0 Å². The molecule has 0 aliphatic carbocycles. The molecule has 1 saturated heterocycles. The Morgan fingerprint density at radius 1 is 1.42 bits per heavy atom. The lowest BCUT2D eigenvalue weighted by atomic mass is 9.95. The Labute approximate surface area is 113 Å². The van der Waals surface area contributed by atoms with Crippen molar-refractivity contribution < 1.29 is 4.79 Å². The number of rotatable bonds is 2. The van der Waals surface area contributed by atoms with E-state index in [-0.39, 0.29) is 11.9 Å². The van der Waals surface area contributed by atoms with Crippen molar-refractivity contribution in [1.82, 2.24) is 15.1 Å². The Kier molecular flexibility index (Phi) is 3.99. The Bertz CT molecular complexity index is 445. The predicted octanol–water partition coefficient (Wildman–Crippen LogP) is 0.352. The number of amides is 1. The van der Waals surface area contributed by atoms with Gasteiger partial charge in [-0.05, 0) is 24.5 Å². The van der Waals surface area contributed by atoms with Gasteiger partial charge in [0.2, 0.25) is 0 Å². The zero-order valence-corrected chi connectivity index (χ0v) is 11.7. The molecule has 2 rings (SSSR count). The molecule has 104 valence electrons. The molecule has 0 saturated carbocycles. The van der Waals surface area contributed by atoms with E-state index in [4.69, 9.17) is 5.73 Å². The number of nitrogens with zero attached hydrogens (tertiary/aromatic N) is 4. The summed E-state index contributed by atoms with van der Waals surface area (Å²) in [5.74, 6) is 1.13. The van der Waals surface area contributed by atoms with Crippen LogP contribution in [-0.4, -0.2) is 54.2 Å². The number of anilines is 1. The number of hydrogen-bond acceptors (Lipinski definition) is 5. The SMILES string of the molecule is CC1CN(c2ccc(C(=O)N(C)C)nn2)CCC1N. The molecule has 19 heavy (non-hydrogen) atoms. The molecule has 6 heteroatoms. The van der Waals surface area contributed by atoms with Gasteiger partial charge in [0.15, 0.2) is 11.5 Å². The zero-order valence-electron chi connectivity index (χ0n) is 11.7. The van der Waals surface area contributed by atoms with Crippen LogP contribution in [0.3, 0.4) is 0 Å². The van der Waals surface area contributed by atoms with E-state index in [1.165, 1.54) is 4.90 Å². The maximum atomic E-state index is 11.7. The molecule has 2 unspecified atom stereocenters. The van der Waals surface area contributed by atoms with Crippen molar-refractivity contribution >= 4 is 11.7 Å². The molecule has 6 nitrogen and oxygen atoms in total. The van der Waals surface area contributed by atoms with Crippen LogP contribution in [0.1, 0.15) is 23.8 Å². The highest BCUT2D eigenvalue weighted by Gasteiger charge is 2.24. The molecule has 1 aliphatic rings. The second kappa shape index (κ2) is 5.52. The molecule has 0 aromatic carbocycles. The van der Waals surface area contributed by atoms with Gasteiger partial charge in [-0.3, -0.25) is 4.79 Å². The summed E-state index contributed by atoms with van der Waals surface area (Å²) < 4.78 is 0. The van der Waals surface area contributed by atoms with Gasteiger partial charge in [0.25, 0.3) is 5.91 Å². The summed E-state index contributed by atoms with van der Waals surface area (Å²) in [4.78, 5) is 15.4. The van der Waals surface area contributed by atoms with Gasteiger partial charge in [-0.25, -0.2) is 0 Å². The average Bonchev–Trinajstić information content (AvgIpc) is 2.41. The lowest BCUT2D eigenvalue weighted by molar-refractivity contribution is 0.0821. The van der Waals surface area contributed by atoms with Gasteiger partial charge in [0, 0.05) is 33.2 Å². The molecular formula is C13H21N5O. The zero-order chi connectivity index (χ0) is 14.0. The number of piperidine rings is 1. The Balaban J connectivity index is 2.08. The number of hydrogen-bond donors (Lipinski definition) is 1. The van der Waals surface area contributed by atoms with E-state index in [0.29, 0.717) is 11.6 Å². The highest BCUT2D eigenvalue weighted by atomic mass is 16.2. The minimum absolute atomic E-state index is 0.131. The maximum Gasteiger partial charge on any atom is 0.273 e. The summed E-state index contributed by atoms with van der Waals surface area (Å²) in [6, 6.07) is 3.84. The molecular weight excluding hydrogens is 242 g/mol. The van der Waals surface area contributed by atoms with Gasteiger partial charge >= 0.3 is 0 Å². The van der Waals surface area contributed by atoms with E-state index in [1.54, 1.807) is 20.2 Å². The first-order valence-electron chi connectivity index (χ1n) is 6.55. The lowest BCUT2D eigenvalue weighted by Gasteiger charge is -2.35. The van der Waals surface area contributed by atoms with Crippen LogP contribution < -0.4 is 10.6 Å². The fraction of sp³-hybridized carbons (Fsp3) is 0.615. The molecule has 0 spiro atoms. The van der Waals surface area contributed by atoms with E-state index in [1.807, 2.05) is 6.07 Å². The van der Waals surface area contributed by atoms with Gasteiger partial charge in [-0.1, -0.05) is 6.92 Å². The van der Waals surface area contributed by atoms with Crippen LogP contribution in [0.4, 0.5) is 5.82 Å². The first-order valence-corrected chi connectivity index (χ1v) is 6.55. The van der Waals surface area contributed by atoms with Crippen LogP contribution in [0.25, 0.3) is 0 Å². The quantitative estimate of drug-likeness (QED) is 0.833. The van der Waals surface area contributed by atoms with Gasteiger partial charge in [0.1, 0.15) is 0 Å². The van der Waals surface area contributed by atoms with Crippen molar-refractivity contribution in [3.8, 4) is 0 Å². The lowest BCUT2D eigenvalue weighted by Crippen LogP contribution is -2.46. The van der Waals surface area contributed by atoms with Crippen molar-refractivity contribution in [1.29, 1.82) is 0 Å². The fourth-order valence-corrected chi connectivity index (χ4v) is 2.21. The number of carbonyl (C=O) groups excluding carboxylic acids is 1. The van der Waals surface area contributed by atoms with Gasteiger partial charge in [-0.2, -0.15) is 0 Å². The minimum Gasteiger partial charge on any atom is -0.355 e.